The van der Waals surface area contributed by atoms with Gasteiger partial charge < -0.3 is 19.7 Å². The standard InChI is InChI=1S/C20H31F3N4O2S.HI/c1-2-24-19(25-9-6-18-26-17(14-30-18)20(21,22)23)27-10-7-15(8-11-27)29-13-16-5-3-4-12-28-16;/h14-16H,2-13H2,1H3,(H,24,25);1H. The quantitative estimate of drug-likeness (QED) is 0.298. The molecular formula is C20H32F3IN4O2S. The lowest BCUT2D eigenvalue weighted by Crippen LogP contribution is -2.47. The summed E-state index contributed by atoms with van der Waals surface area (Å²) in [5.74, 6) is 0.805. The number of hydrogen-bond acceptors (Lipinski definition) is 5. The van der Waals surface area contributed by atoms with Crippen LogP contribution in [0.25, 0.3) is 0 Å². The van der Waals surface area contributed by atoms with Crippen molar-refractivity contribution in [2.45, 2.75) is 63.8 Å². The monoisotopic (exact) mass is 576 g/mol. The van der Waals surface area contributed by atoms with Crippen LogP contribution in [0.5, 0.6) is 0 Å². The molecule has 1 aromatic rings. The highest BCUT2D eigenvalue weighted by Gasteiger charge is 2.33. The van der Waals surface area contributed by atoms with Crippen molar-refractivity contribution < 1.29 is 22.6 Å². The number of rotatable bonds is 7. The highest BCUT2D eigenvalue weighted by molar-refractivity contribution is 14.0. The minimum absolute atomic E-state index is 0. The molecule has 11 heteroatoms. The number of piperidine rings is 1. The van der Waals surface area contributed by atoms with Crippen molar-refractivity contribution in [3.8, 4) is 0 Å². The molecule has 3 heterocycles. The second-order valence-corrected chi connectivity index (χ2v) is 8.56. The van der Waals surface area contributed by atoms with Crippen molar-refractivity contribution in [2.75, 3.05) is 39.4 Å². The maximum Gasteiger partial charge on any atom is 0.434 e. The topological polar surface area (TPSA) is 59.0 Å². The third-order valence-corrected chi connectivity index (χ3v) is 6.21. The molecule has 31 heavy (non-hydrogen) atoms. The number of guanidine groups is 1. The van der Waals surface area contributed by atoms with Crippen LogP contribution in [0.3, 0.4) is 0 Å². The van der Waals surface area contributed by atoms with Gasteiger partial charge in [0.2, 0.25) is 0 Å². The molecule has 1 atom stereocenters. The zero-order valence-electron chi connectivity index (χ0n) is 17.8. The van der Waals surface area contributed by atoms with Crippen LogP contribution in [0.1, 0.15) is 49.7 Å². The highest BCUT2D eigenvalue weighted by Crippen LogP contribution is 2.30. The minimum atomic E-state index is -4.39. The Balaban J connectivity index is 0.00000341. The summed E-state index contributed by atoms with van der Waals surface area (Å²) in [4.78, 5) is 10.5. The Kier molecular flexibility index (Phi) is 11.3. The van der Waals surface area contributed by atoms with Gasteiger partial charge in [-0.15, -0.1) is 35.3 Å². The molecule has 0 spiro atoms. The molecule has 6 nitrogen and oxygen atoms in total. The molecule has 3 rings (SSSR count). The van der Waals surface area contributed by atoms with E-state index in [1.165, 1.54) is 6.42 Å². The van der Waals surface area contributed by atoms with Crippen LogP contribution in [-0.4, -0.2) is 67.4 Å². The fourth-order valence-corrected chi connectivity index (χ4v) is 4.45. The third-order valence-electron chi connectivity index (χ3n) is 5.30. The van der Waals surface area contributed by atoms with E-state index >= 15 is 0 Å². The van der Waals surface area contributed by atoms with Crippen LogP contribution >= 0.6 is 35.3 Å². The largest absolute Gasteiger partial charge is 0.434 e. The summed E-state index contributed by atoms with van der Waals surface area (Å²) >= 11 is 1.03. The van der Waals surface area contributed by atoms with Crippen molar-refractivity contribution >= 4 is 41.3 Å². The summed E-state index contributed by atoms with van der Waals surface area (Å²) in [6.07, 6.45) is 1.79. The lowest BCUT2D eigenvalue weighted by atomic mass is 10.1. The molecule has 2 fully saturated rings. The Morgan fingerprint density at radius 3 is 2.71 bits per heavy atom. The maximum absolute atomic E-state index is 12.7. The van der Waals surface area contributed by atoms with Gasteiger partial charge >= 0.3 is 6.18 Å². The van der Waals surface area contributed by atoms with Crippen LogP contribution in [0, 0.1) is 0 Å². The third kappa shape index (κ3) is 8.65. The summed E-state index contributed by atoms with van der Waals surface area (Å²) in [7, 11) is 0. The van der Waals surface area contributed by atoms with E-state index in [0.717, 1.165) is 74.6 Å². The van der Waals surface area contributed by atoms with E-state index in [0.29, 0.717) is 24.6 Å². The predicted octanol–water partition coefficient (Wildman–Crippen LogP) is 4.34. The smallest absolute Gasteiger partial charge is 0.376 e. The molecule has 0 amide bonds. The predicted molar refractivity (Wildman–Crippen MR) is 126 cm³/mol. The van der Waals surface area contributed by atoms with Crippen LogP contribution in [0.15, 0.2) is 10.4 Å². The molecule has 0 radical (unpaired) electrons. The molecule has 0 bridgehead atoms. The zero-order valence-corrected chi connectivity index (χ0v) is 21.0. The Hall–Kier alpha value is -0.660. The van der Waals surface area contributed by atoms with Gasteiger partial charge in [0.1, 0.15) is 0 Å². The number of nitrogens with zero attached hydrogens (tertiary/aromatic N) is 3. The van der Waals surface area contributed by atoms with E-state index in [2.05, 4.69) is 20.2 Å². The van der Waals surface area contributed by atoms with Crippen LogP contribution in [0.4, 0.5) is 13.2 Å². The SMILES string of the molecule is CCNC(=NCCc1nc(C(F)(F)F)cs1)N1CCC(OCC2CCCCO2)CC1.I. The molecule has 2 saturated heterocycles. The second-order valence-electron chi connectivity index (χ2n) is 7.62. The summed E-state index contributed by atoms with van der Waals surface area (Å²) in [6.45, 7) is 6.35. The zero-order chi connectivity index (χ0) is 21.4. The molecule has 1 N–H and O–H groups in total. The summed E-state index contributed by atoms with van der Waals surface area (Å²) in [6, 6.07) is 0. The molecule has 178 valence electrons. The van der Waals surface area contributed by atoms with Crippen molar-refractivity contribution in [3.05, 3.63) is 16.1 Å². The first-order valence-electron chi connectivity index (χ1n) is 10.7. The first kappa shape index (κ1) is 26.6. The summed E-state index contributed by atoms with van der Waals surface area (Å²) < 4.78 is 49.8. The fraction of sp³-hybridized carbons (Fsp3) is 0.800. The first-order chi connectivity index (χ1) is 14.5. The number of hydrogen-bond donors (Lipinski definition) is 1. The Morgan fingerprint density at radius 1 is 1.32 bits per heavy atom. The van der Waals surface area contributed by atoms with Crippen LogP contribution in [-0.2, 0) is 22.1 Å². The number of nitrogens with one attached hydrogen (secondary N) is 1. The summed E-state index contributed by atoms with van der Waals surface area (Å²) in [5, 5.41) is 4.80. The van der Waals surface area contributed by atoms with Crippen molar-refractivity contribution in [1.82, 2.24) is 15.2 Å². The summed E-state index contributed by atoms with van der Waals surface area (Å²) in [5.41, 5.74) is -0.820. The average Bonchev–Trinajstić information content (AvgIpc) is 3.22. The molecule has 2 aliphatic rings. The van der Waals surface area contributed by atoms with Gasteiger partial charge in [-0.2, -0.15) is 13.2 Å². The van der Waals surface area contributed by atoms with Gasteiger partial charge in [0.15, 0.2) is 11.7 Å². The lowest BCUT2D eigenvalue weighted by molar-refractivity contribution is -0.140. The minimum Gasteiger partial charge on any atom is -0.376 e. The Morgan fingerprint density at radius 2 is 2.10 bits per heavy atom. The van der Waals surface area contributed by atoms with Gasteiger partial charge in [-0.1, -0.05) is 0 Å². The number of ether oxygens (including phenoxy) is 2. The number of thiazole rings is 1. The van der Waals surface area contributed by atoms with Crippen molar-refractivity contribution in [1.29, 1.82) is 0 Å². The van der Waals surface area contributed by atoms with Crippen molar-refractivity contribution in [2.24, 2.45) is 4.99 Å². The molecule has 0 aliphatic carbocycles. The normalized spacial score (nSPS) is 21.1. The van der Waals surface area contributed by atoms with Gasteiger partial charge in [-0.3, -0.25) is 4.99 Å². The van der Waals surface area contributed by atoms with Crippen LogP contribution in [0.2, 0.25) is 0 Å². The molecular weight excluding hydrogens is 544 g/mol. The van der Waals surface area contributed by atoms with Crippen LogP contribution < -0.4 is 5.32 Å². The van der Waals surface area contributed by atoms with E-state index in [1.54, 1.807) is 0 Å². The van der Waals surface area contributed by atoms with Gasteiger partial charge in [0.05, 0.1) is 23.8 Å². The van der Waals surface area contributed by atoms with Gasteiger partial charge in [0, 0.05) is 44.6 Å². The number of alkyl halides is 3. The molecule has 0 aromatic carbocycles. The fourth-order valence-electron chi connectivity index (χ4n) is 3.66. The van der Waals surface area contributed by atoms with E-state index in [1.807, 2.05) is 6.92 Å². The van der Waals surface area contributed by atoms with Gasteiger partial charge in [0.25, 0.3) is 0 Å². The van der Waals surface area contributed by atoms with E-state index in [4.69, 9.17) is 9.47 Å². The number of likely N-dealkylation sites (tertiary alicyclic amines) is 1. The number of halogens is 4. The Labute approximate surface area is 203 Å². The molecule has 2 aliphatic heterocycles. The van der Waals surface area contributed by atoms with Crippen molar-refractivity contribution in [3.63, 3.8) is 0 Å². The maximum atomic E-state index is 12.7. The molecule has 0 saturated carbocycles. The van der Waals surface area contributed by atoms with E-state index in [9.17, 15) is 13.2 Å². The number of aliphatic imine (C=N–C) groups is 1. The molecule has 1 aromatic heterocycles. The van der Waals surface area contributed by atoms with Gasteiger partial charge in [-0.25, -0.2) is 4.98 Å². The average molecular weight is 576 g/mol. The second kappa shape index (κ2) is 13.1. The Bertz CT molecular complexity index is 676. The highest BCUT2D eigenvalue weighted by atomic mass is 127. The van der Waals surface area contributed by atoms with E-state index < -0.39 is 11.9 Å². The first-order valence-corrected chi connectivity index (χ1v) is 11.6. The van der Waals surface area contributed by atoms with E-state index in [-0.39, 0.29) is 36.2 Å². The van der Waals surface area contributed by atoms with Gasteiger partial charge in [-0.05, 0) is 39.0 Å². The molecule has 1 unspecified atom stereocenters. The lowest BCUT2D eigenvalue weighted by Gasteiger charge is -2.35. The number of aromatic nitrogens is 1.